The number of hydrogen-bond donors (Lipinski definition) is 2. The SMILES string of the molecule is COC(C)(C)CC1N[C@H](C(=O)O)CS1. The smallest absolute Gasteiger partial charge is 0.321 e. The van der Waals surface area contributed by atoms with Gasteiger partial charge in [0.1, 0.15) is 6.04 Å². The van der Waals surface area contributed by atoms with Crippen molar-refractivity contribution in [3.8, 4) is 0 Å². The lowest BCUT2D eigenvalue weighted by molar-refractivity contribution is -0.138. The molecule has 0 radical (unpaired) electrons. The maximum Gasteiger partial charge on any atom is 0.321 e. The van der Waals surface area contributed by atoms with Crippen LogP contribution in [-0.4, -0.2) is 41.0 Å². The van der Waals surface area contributed by atoms with Crippen molar-refractivity contribution in [2.24, 2.45) is 0 Å². The summed E-state index contributed by atoms with van der Waals surface area (Å²) >= 11 is 1.65. The van der Waals surface area contributed by atoms with Crippen molar-refractivity contribution < 1.29 is 14.6 Å². The molecule has 1 aliphatic heterocycles. The average Bonchev–Trinajstić information content (AvgIpc) is 2.52. The van der Waals surface area contributed by atoms with E-state index in [-0.39, 0.29) is 11.0 Å². The Hall–Kier alpha value is -0.260. The number of carboxylic acids is 1. The van der Waals surface area contributed by atoms with E-state index < -0.39 is 12.0 Å². The fourth-order valence-corrected chi connectivity index (χ4v) is 2.77. The second-order valence-electron chi connectivity index (χ2n) is 4.05. The lowest BCUT2D eigenvalue weighted by Gasteiger charge is -2.26. The van der Waals surface area contributed by atoms with Crippen LogP contribution in [0.15, 0.2) is 0 Å². The zero-order chi connectivity index (χ0) is 10.8. The van der Waals surface area contributed by atoms with E-state index in [0.717, 1.165) is 6.42 Å². The van der Waals surface area contributed by atoms with Crippen LogP contribution >= 0.6 is 11.8 Å². The van der Waals surface area contributed by atoms with Gasteiger partial charge in [0.25, 0.3) is 0 Å². The molecule has 1 unspecified atom stereocenters. The first-order valence-corrected chi connectivity index (χ1v) is 5.65. The third-order valence-electron chi connectivity index (χ3n) is 2.38. The predicted molar refractivity (Wildman–Crippen MR) is 56.5 cm³/mol. The van der Waals surface area contributed by atoms with Gasteiger partial charge in [0.2, 0.25) is 0 Å². The number of aliphatic carboxylic acids is 1. The van der Waals surface area contributed by atoms with Gasteiger partial charge < -0.3 is 9.84 Å². The van der Waals surface area contributed by atoms with Crippen molar-refractivity contribution >= 4 is 17.7 Å². The third kappa shape index (κ3) is 3.15. The van der Waals surface area contributed by atoms with Crippen LogP contribution in [0.5, 0.6) is 0 Å². The fraction of sp³-hybridized carbons (Fsp3) is 0.889. The summed E-state index contributed by atoms with van der Waals surface area (Å²) in [5, 5.41) is 12.0. The van der Waals surface area contributed by atoms with Crippen molar-refractivity contribution in [2.75, 3.05) is 12.9 Å². The molecule has 1 aliphatic rings. The molecule has 0 aromatic heterocycles. The van der Waals surface area contributed by atoms with E-state index in [0.29, 0.717) is 5.75 Å². The van der Waals surface area contributed by atoms with Gasteiger partial charge in [0, 0.05) is 19.3 Å². The number of rotatable bonds is 4. The highest BCUT2D eigenvalue weighted by Crippen LogP contribution is 2.27. The Labute approximate surface area is 88.4 Å². The second kappa shape index (κ2) is 4.51. The van der Waals surface area contributed by atoms with Crippen molar-refractivity contribution in [1.29, 1.82) is 0 Å². The molecule has 2 atom stereocenters. The van der Waals surface area contributed by atoms with Crippen molar-refractivity contribution in [1.82, 2.24) is 5.32 Å². The summed E-state index contributed by atoms with van der Waals surface area (Å²) in [6.45, 7) is 4.01. The number of ether oxygens (including phenoxy) is 1. The first-order chi connectivity index (χ1) is 6.44. The van der Waals surface area contributed by atoms with Gasteiger partial charge in [-0.15, -0.1) is 11.8 Å². The van der Waals surface area contributed by atoms with Crippen LogP contribution in [0.2, 0.25) is 0 Å². The van der Waals surface area contributed by atoms with Gasteiger partial charge >= 0.3 is 5.97 Å². The van der Waals surface area contributed by atoms with Gasteiger partial charge in [0.05, 0.1) is 11.0 Å². The lowest BCUT2D eigenvalue weighted by atomic mass is 10.1. The van der Waals surface area contributed by atoms with E-state index >= 15 is 0 Å². The largest absolute Gasteiger partial charge is 0.480 e. The van der Waals surface area contributed by atoms with Gasteiger partial charge in [-0.2, -0.15) is 0 Å². The Balaban J connectivity index is 2.39. The van der Waals surface area contributed by atoms with Crippen molar-refractivity contribution in [3.05, 3.63) is 0 Å². The minimum Gasteiger partial charge on any atom is -0.480 e. The molecule has 14 heavy (non-hydrogen) atoms. The molecule has 1 fully saturated rings. The normalized spacial score (nSPS) is 27.9. The molecule has 0 aliphatic carbocycles. The number of nitrogens with one attached hydrogen (secondary N) is 1. The molecule has 0 aromatic rings. The predicted octanol–water partition coefficient (Wildman–Crippen LogP) is 0.917. The van der Waals surface area contributed by atoms with Crippen molar-refractivity contribution in [3.63, 3.8) is 0 Å². The number of carboxylic acid groups (broad SMARTS) is 1. The average molecular weight is 219 g/mol. The Bertz CT molecular complexity index is 220. The standard InChI is InChI=1S/C9H17NO3S/c1-9(2,13-3)4-7-10-6(5-14-7)8(11)12/h6-7,10H,4-5H2,1-3H3,(H,11,12)/t6-,7?/m0/s1. The molecule has 0 aromatic carbocycles. The number of thioether (sulfide) groups is 1. The quantitative estimate of drug-likeness (QED) is 0.736. The van der Waals surface area contributed by atoms with E-state index in [1.54, 1.807) is 18.9 Å². The molecular formula is C9H17NO3S. The van der Waals surface area contributed by atoms with Gasteiger partial charge in [0.15, 0.2) is 0 Å². The summed E-state index contributed by atoms with van der Waals surface area (Å²) in [6, 6.07) is -0.405. The fourth-order valence-electron chi connectivity index (χ4n) is 1.32. The minimum atomic E-state index is -0.768. The zero-order valence-corrected chi connectivity index (χ0v) is 9.56. The van der Waals surface area contributed by atoms with Crippen LogP contribution in [0.4, 0.5) is 0 Å². The van der Waals surface area contributed by atoms with E-state index in [4.69, 9.17) is 9.84 Å². The highest BCUT2D eigenvalue weighted by molar-refractivity contribution is 8.00. The summed E-state index contributed by atoms with van der Waals surface area (Å²) < 4.78 is 5.29. The summed E-state index contributed by atoms with van der Waals surface area (Å²) in [5.41, 5.74) is -0.196. The topological polar surface area (TPSA) is 58.6 Å². The first-order valence-electron chi connectivity index (χ1n) is 4.60. The summed E-state index contributed by atoms with van der Waals surface area (Å²) in [7, 11) is 1.67. The van der Waals surface area contributed by atoms with E-state index in [1.165, 1.54) is 0 Å². The molecule has 0 amide bonds. The maximum atomic E-state index is 10.7. The molecule has 4 nitrogen and oxygen atoms in total. The molecule has 5 heteroatoms. The summed E-state index contributed by atoms with van der Waals surface area (Å²) in [5.74, 6) is -0.130. The van der Waals surface area contributed by atoms with Crippen molar-refractivity contribution in [2.45, 2.75) is 37.3 Å². The van der Waals surface area contributed by atoms with Gasteiger partial charge in [-0.1, -0.05) is 0 Å². The molecule has 1 heterocycles. The number of methoxy groups -OCH3 is 1. The lowest BCUT2D eigenvalue weighted by Crippen LogP contribution is -2.39. The molecule has 0 spiro atoms. The first kappa shape index (κ1) is 11.8. The van der Waals surface area contributed by atoms with E-state index in [1.807, 2.05) is 13.8 Å². The molecule has 0 bridgehead atoms. The van der Waals surface area contributed by atoms with Crippen LogP contribution in [0.3, 0.4) is 0 Å². The third-order valence-corrected chi connectivity index (χ3v) is 3.61. The number of carbonyl (C=O) groups is 1. The Morgan fingerprint density at radius 2 is 2.36 bits per heavy atom. The molecule has 2 N–H and O–H groups in total. The van der Waals surface area contributed by atoms with Crippen LogP contribution in [-0.2, 0) is 9.53 Å². The number of hydrogen-bond acceptors (Lipinski definition) is 4. The highest BCUT2D eigenvalue weighted by Gasteiger charge is 2.33. The van der Waals surface area contributed by atoms with Gasteiger partial charge in [-0.25, -0.2) is 0 Å². The molecule has 1 rings (SSSR count). The summed E-state index contributed by atoms with van der Waals surface area (Å²) in [4.78, 5) is 10.7. The Morgan fingerprint density at radius 1 is 1.71 bits per heavy atom. The van der Waals surface area contributed by atoms with Crippen LogP contribution in [0.25, 0.3) is 0 Å². The van der Waals surface area contributed by atoms with Gasteiger partial charge in [-0.05, 0) is 13.8 Å². The molecule has 0 saturated carbocycles. The highest BCUT2D eigenvalue weighted by atomic mass is 32.2. The molecular weight excluding hydrogens is 202 g/mol. The molecule has 82 valence electrons. The minimum absolute atomic E-state index is 0.186. The second-order valence-corrected chi connectivity index (χ2v) is 5.28. The summed E-state index contributed by atoms with van der Waals surface area (Å²) in [6.07, 6.45) is 0.817. The van der Waals surface area contributed by atoms with Crippen LogP contribution in [0.1, 0.15) is 20.3 Å². The van der Waals surface area contributed by atoms with Crippen LogP contribution in [0, 0.1) is 0 Å². The monoisotopic (exact) mass is 219 g/mol. The van der Waals surface area contributed by atoms with Gasteiger partial charge in [-0.3, -0.25) is 10.1 Å². The molecule has 1 saturated heterocycles. The van der Waals surface area contributed by atoms with Crippen LogP contribution < -0.4 is 5.32 Å². The van der Waals surface area contributed by atoms with E-state index in [9.17, 15) is 4.79 Å². The zero-order valence-electron chi connectivity index (χ0n) is 8.74. The Morgan fingerprint density at radius 3 is 2.79 bits per heavy atom. The Kier molecular flexibility index (Phi) is 3.80. The van der Waals surface area contributed by atoms with E-state index in [2.05, 4.69) is 5.32 Å². The maximum absolute atomic E-state index is 10.7.